The summed E-state index contributed by atoms with van der Waals surface area (Å²) in [5, 5.41) is 3.39. The molecule has 0 bridgehead atoms. The lowest BCUT2D eigenvalue weighted by atomic mass is 9.99. The molecule has 6 heteroatoms. The van der Waals surface area contributed by atoms with Gasteiger partial charge in [0.05, 0.1) is 5.56 Å². The molecule has 126 valence electrons. The average Bonchev–Trinajstić information content (AvgIpc) is 3.05. The van der Waals surface area contributed by atoms with Crippen LogP contribution in [0, 0.1) is 0 Å². The van der Waals surface area contributed by atoms with Gasteiger partial charge in [0.2, 0.25) is 0 Å². The highest BCUT2D eigenvalue weighted by Gasteiger charge is 2.31. The number of benzene rings is 2. The van der Waals surface area contributed by atoms with Crippen molar-refractivity contribution in [3.63, 3.8) is 0 Å². The van der Waals surface area contributed by atoms with E-state index in [9.17, 15) is 13.2 Å². The van der Waals surface area contributed by atoms with E-state index in [-0.39, 0.29) is 0 Å². The van der Waals surface area contributed by atoms with Gasteiger partial charge in [-0.05, 0) is 42.4 Å². The molecule has 1 fully saturated rings. The number of halogens is 3. The molecule has 1 heterocycles. The second kappa shape index (κ2) is 6.81. The van der Waals surface area contributed by atoms with Crippen LogP contribution in [0.5, 0.6) is 0 Å². The molecule has 1 N–H and O–H groups in total. The summed E-state index contributed by atoms with van der Waals surface area (Å²) in [5.74, 6) is 0.396. The van der Waals surface area contributed by atoms with Crippen molar-refractivity contribution >= 4 is 23.0 Å². The number of hydrogen-bond donors (Lipinski definition) is 1. The van der Waals surface area contributed by atoms with Gasteiger partial charge in [-0.1, -0.05) is 36.4 Å². The number of rotatable bonds is 2. The van der Waals surface area contributed by atoms with Gasteiger partial charge < -0.3 is 10.2 Å². The minimum absolute atomic E-state index is 0.359. The van der Waals surface area contributed by atoms with Crippen molar-refractivity contribution in [3.8, 4) is 0 Å². The number of hydrogen-bond acceptors (Lipinski definition) is 1. The predicted octanol–water partition coefficient (Wildman–Crippen LogP) is 4.89. The summed E-state index contributed by atoms with van der Waals surface area (Å²) in [6.45, 7) is 1.57. The summed E-state index contributed by atoms with van der Waals surface area (Å²) >= 11 is 5.37. The van der Waals surface area contributed by atoms with E-state index in [1.165, 1.54) is 11.6 Å². The molecule has 0 aromatic heterocycles. The van der Waals surface area contributed by atoms with Crippen molar-refractivity contribution < 1.29 is 13.2 Å². The first-order valence-corrected chi connectivity index (χ1v) is 8.12. The van der Waals surface area contributed by atoms with Crippen molar-refractivity contribution in [1.82, 2.24) is 4.90 Å². The zero-order valence-electron chi connectivity index (χ0n) is 12.9. The minimum atomic E-state index is -4.36. The van der Waals surface area contributed by atoms with Crippen LogP contribution in [0.3, 0.4) is 0 Å². The maximum Gasteiger partial charge on any atom is 0.416 e. The Morgan fingerprint density at radius 1 is 1.08 bits per heavy atom. The SMILES string of the molecule is FC(F)(F)c1cccc(NC(=S)N2CC[C@H](c3ccccc3)C2)c1. The quantitative estimate of drug-likeness (QED) is 0.776. The Kier molecular flexibility index (Phi) is 4.76. The van der Waals surface area contributed by atoms with Gasteiger partial charge in [0, 0.05) is 24.7 Å². The summed E-state index contributed by atoms with van der Waals surface area (Å²) in [4.78, 5) is 2.01. The second-order valence-corrected chi connectivity index (χ2v) is 6.24. The van der Waals surface area contributed by atoms with Crippen molar-refractivity contribution in [2.45, 2.75) is 18.5 Å². The first-order valence-electron chi connectivity index (χ1n) is 7.71. The van der Waals surface area contributed by atoms with Crippen LogP contribution in [0.1, 0.15) is 23.5 Å². The molecule has 1 saturated heterocycles. The Morgan fingerprint density at radius 3 is 2.54 bits per heavy atom. The normalized spacial score (nSPS) is 17.8. The largest absolute Gasteiger partial charge is 0.416 e. The van der Waals surface area contributed by atoms with Crippen LogP contribution in [0.2, 0.25) is 0 Å². The van der Waals surface area contributed by atoms with Crippen LogP contribution >= 0.6 is 12.2 Å². The van der Waals surface area contributed by atoms with E-state index in [0.29, 0.717) is 16.7 Å². The Morgan fingerprint density at radius 2 is 1.83 bits per heavy atom. The summed E-state index contributed by atoms with van der Waals surface area (Å²) in [5.41, 5.74) is 0.943. The molecule has 1 atom stereocenters. The number of anilines is 1. The average molecular weight is 350 g/mol. The molecule has 3 rings (SSSR count). The molecule has 0 amide bonds. The third kappa shape index (κ3) is 3.87. The minimum Gasteiger partial charge on any atom is -0.348 e. The van der Waals surface area contributed by atoms with Crippen LogP contribution in [-0.4, -0.2) is 23.1 Å². The van der Waals surface area contributed by atoms with Gasteiger partial charge in [-0.15, -0.1) is 0 Å². The molecular weight excluding hydrogens is 333 g/mol. The van der Waals surface area contributed by atoms with E-state index >= 15 is 0 Å². The predicted molar refractivity (Wildman–Crippen MR) is 93.0 cm³/mol. The number of likely N-dealkylation sites (tertiary alicyclic amines) is 1. The molecular formula is C18H17F3N2S. The molecule has 1 aliphatic heterocycles. The highest BCUT2D eigenvalue weighted by Crippen LogP contribution is 2.31. The monoisotopic (exact) mass is 350 g/mol. The van der Waals surface area contributed by atoms with Gasteiger partial charge in [-0.3, -0.25) is 0 Å². The molecule has 0 radical (unpaired) electrons. The number of thiocarbonyl (C=S) groups is 1. The van der Waals surface area contributed by atoms with E-state index < -0.39 is 11.7 Å². The van der Waals surface area contributed by atoms with Gasteiger partial charge in [0.1, 0.15) is 0 Å². The molecule has 2 nitrogen and oxygen atoms in total. The van der Waals surface area contributed by atoms with Gasteiger partial charge in [-0.25, -0.2) is 0 Å². The van der Waals surface area contributed by atoms with Gasteiger partial charge in [-0.2, -0.15) is 13.2 Å². The zero-order chi connectivity index (χ0) is 17.2. The first-order chi connectivity index (χ1) is 11.4. The molecule has 24 heavy (non-hydrogen) atoms. The fraction of sp³-hybridized carbons (Fsp3) is 0.278. The molecule has 0 aliphatic carbocycles. The van der Waals surface area contributed by atoms with Crippen LogP contribution in [0.4, 0.5) is 18.9 Å². The summed E-state index contributed by atoms with van der Waals surface area (Å²) in [7, 11) is 0. The van der Waals surface area contributed by atoms with E-state index in [1.807, 2.05) is 23.1 Å². The first kappa shape index (κ1) is 16.8. The lowest BCUT2D eigenvalue weighted by Crippen LogP contribution is -2.32. The number of alkyl halides is 3. The van der Waals surface area contributed by atoms with Crippen molar-refractivity contribution in [2.75, 3.05) is 18.4 Å². The van der Waals surface area contributed by atoms with E-state index in [0.717, 1.165) is 31.6 Å². The standard InChI is InChI=1S/C18H17F3N2S/c19-18(20,21)15-7-4-8-16(11-15)22-17(24)23-10-9-14(12-23)13-5-2-1-3-6-13/h1-8,11,14H,9-10,12H2,(H,22,24)/t14-/m0/s1. The third-order valence-electron chi connectivity index (χ3n) is 4.19. The Hall–Kier alpha value is -2.08. The van der Waals surface area contributed by atoms with Crippen LogP contribution in [0.15, 0.2) is 54.6 Å². The zero-order valence-corrected chi connectivity index (χ0v) is 13.7. The molecule has 1 aliphatic rings. The van der Waals surface area contributed by atoms with Crippen LogP contribution < -0.4 is 5.32 Å². The second-order valence-electron chi connectivity index (χ2n) is 5.85. The maximum absolute atomic E-state index is 12.8. The van der Waals surface area contributed by atoms with E-state index in [2.05, 4.69) is 17.4 Å². The van der Waals surface area contributed by atoms with Gasteiger partial charge in [0.15, 0.2) is 5.11 Å². The van der Waals surface area contributed by atoms with E-state index in [4.69, 9.17) is 12.2 Å². The summed E-state index contributed by atoms with van der Waals surface area (Å²) < 4.78 is 38.3. The van der Waals surface area contributed by atoms with Gasteiger partial charge >= 0.3 is 6.18 Å². The Balaban J connectivity index is 1.64. The fourth-order valence-corrected chi connectivity index (χ4v) is 3.20. The number of nitrogens with one attached hydrogen (secondary N) is 1. The highest BCUT2D eigenvalue weighted by atomic mass is 32.1. The molecule has 0 saturated carbocycles. The Bertz CT molecular complexity index is 716. The summed E-state index contributed by atoms with van der Waals surface area (Å²) in [6.07, 6.45) is -3.38. The molecule has 0 spiro atoms. The van der Waals surface area contributed by atoms with E-state index in [1.54, 1.807) is 6.07 Å². The van der Waals surface area contributed by atoms with Crippen molar-refractivity contribution in [1.29, 1.82) is 0 Å². The number of nitrogens with zero attached hydrogens (tertiary/aromatic N) is 1. The van der Waals surface area contributed by atoms with Crippen molar-refractivity contribution in [2.24, 2.45) is 0 Å². The summed E-state index contributed by atoms with van der Waals surface area (Å²) in [6, 6.07) is 15.3. The lowest BCUT2D eigenvalue weighted by Gasteiger charge is -2.21. The lowest BCUT2D eigenvalue weighted by molar-refractivity contribution is -0.137. The fourth-order valence-electron chi connectivity index (χ4n) is 2.92. The molecule has 2 aromatic rings. The highest BCUT2D eigenvalue weighted by molar-refractivity contribution is 7.80. The molecule has 2 aromatic carbocycles. The maximum atomic E-state index is 12.8. The van der Waals surface area contributed by atoms with Crippen LogP contribution in [-0.2, 0) is 6.18 Å². The molecule has 0 unspecified atom stereocenters. The smallest absolute Gasteiger partial charge is 0.348 e. The topological polar surface area (TPSA) is 15.3 Å². The van der Waals surface area contributed by atoms with Gasteiger partial charge in [0.25, 0.3) is 0 Å². The van der Waals surface area contributed by atoms with Crippen molar-refractivity contribution in [3.05, 3.63) is 65.7 Å². The third-order valence-corrected chi connectivity index (χ3v) is 4.55. The Labute approximate surface area is 144 Å². The van der Waals surface area contributed by atoms with Crippen LogP contribution in [0.25, 0.3) is 0 Å².